The van der Waals surface area contributed by atoms with Gasteiger partial charge >= 0.3 is 0 Å². The lowest BCUT2D eigenvalue weighted by Crippen LogP contribution is -2.34. The predicted octanol–water partition coefficient (Wildman–Crippen LogP) is 12.6. The second kappa shape index (κ2) is 17.9. The average molecular weight is 748 g/mol. The maximum absolute atomic E-state index is 14.9. The largest absolute Gasteiger partial charge is 0.382 e. The quantitative estimate of drug-likeness (QED) is 0.104. The molecular formula is C46H57N3O2S2. The van der Waals surface area contributed by atoms with Crippen LogP contribution in [0.4, 0.5) is 5.69 Å². The van der Waals surface area contributed by atoms with Gasteiger partial charge < -0.3 is 15.1 Å². The first-order valence-electron chi connectivity index (χ1n) is 20.1. The molecule has 4 aromatic rings. The van der Waals surface area contributed by atoms with Crippen LogP contribution in [0.15, 0.2) is 90.0 Å². The van der Waals surface area contributed by atoms with Crippen molar-refractivity contribution in [2.24, 2.45) is 11.8 Å². The summed E-state index contributed by atoms with van der Waals surface area (Å²) in [5, 5.41) is 3.72. The Morgan fingerprint density at radius 3 is 1.64 bits per heavy atom. The highest BCUT2D eigenvalue weighted by atomic mass is 32.1. The molecule has 2 aliphatic heterocycles. The minimum Gasteiger partial charge on any atom is -0.382 e. The Bertz CT molecular complexity index is 1920. The van der Waals surface area contributed by atoms with Crippen molar-refractivity contribution in [2.75, 3.05) is 18.4 Å². The summed E-state index contributed by atoms with van der Waals surface area (Å²) in [4.78, 5) is 37.9. The third kappa shape index (κ3) is 8.42. The van der Waals surface area contributed by atoms with Crippen molar-refractivity contribution in [1.29, 1.82) is 0 Å². The number of hydrogen-bond donors (Lipinski definition) is 1. The first-order valence-corrected chi connectivity index (χ1v) is 21.7. The number of unbranched alkanes of at least 4 members (excludes halogenated alkanes) is 2. The van der Waals surface area contributed by atoms with Crippen LogP contribution in [0.5, 0.6) is 0 Å². The molecule has 6 rings (SSSR count). The molecule has 0 spiro atoms. The minimum atomic E-state index is -0.0450. The number of nitrogens with zero attached hydrogens (tertiary/aromatic N) is 2. The summed E-state index contributed by atoms with van der Waals surface area (Å²) in [5.74, 6) is 0.574. The van der Waals surface area contributed by atoms with Crippen LogP contribution in [0, 0.1) is 11.8 Å². The van der Waals surface area contributed by atoms with Crippen LogP contribution in [-0.2, 0) is 9.59 Å². The molecule has 0 aliphatic carbocycles. The number of thiophene rings is 2. The monoisotopic (exact) mass is 747 g/mol. The van der Waals surface area contributed by atoms with Crippen molar-refractivity contribution >= 4 is 51.6 Å². The van der Waals surface area contributed by atoms with Gasteiger partial charge in [0.05, 0.1) is 32.3 Å². The van der Waals surface area contributed by atoms with Crippen LogP contribution in [0.1, 0.15) is 109 Å². The number of carbonyl (C=O) groups is 2. The van der Waals surface area contributed by atoms with Crippen molar-refractivity contribution in [2.45, 2.75) is 105 Å². The lowest BCUT2D eigenvalue weighted by atomic mass is 9.98. The number of nitrogens with one attached hydrogen (secondary N) is 1. The minimum absolute atomic E-state index is 0.0338. The molecule has 5 nitrogen and oxygen atoms in total. The third-order valence-corrected chi connectivity index (χ3v) is 13.3. The second-order valence-electron chi connectivity index (χ2n) is 14.9. The lowest BCUT2D eigenvalue weighted by Gasteiger charge is -2.28. The fourth-order valence-corrected chi connectivity index (χ4v) is 9.66. The summed E-state index contributed by atoms with van der Waals surface area (Å²) in [7, 11) is 0. The van der Waals surface area contributed by atoms with Crippen molar-refractivity contribution in [3.05, 3.63) is 99.8 Å². The van der Waals surface area contributed by atoms with E-state index in [4.69, 9.17) is 0 Å². The van der Waals surface area contributed by atoms with Gasteiger partial charge in [0.15, 0.2) is 0 Å². The standard InChI is InChI=1S/C46H57N3O2S2/c1-7-12-17-32(10-4)30-49-44(40-27-25-37(52-40)33-18-15-14-16-19-33)42-41(46(49)51)43(48(45(42)50)29-31(6)9-3)39-28-26-38(53-39)34-21-23-36(24-22-34)47-35(11-5)20-13-8-2/h14-16,18-19,21-28,31-32,35,47H,7-13,17,20,29-30H2,1-6H3. The normalized spacial score (nSPS) is 16.2. The molecule has 0 saturated carbocycles. The van der Waals surface area contributed by atoms with Gasteiger partial charge in [0.1, 0.15) is 0 Å². The van der Waals surface area contributed by atoms with Gasteiger partial charge in [-0.15, -0.1) is 22.7 Å². The van der Waals surface area contributed by atoms with Crippen molar-refractivity contribution in [3.63, 3.8) is 0 Å². The first-order chi connectivity index (χ1) is 25.8. The summed E-state index contributed by atoms with van der Waals surface area (Å²) < 4.78 is 0. The van der Waals surface area contributed by atoms with Gasteiger partial charge in [0.25, 0.3) is 11.8 Å². The van der Waals surface area contributed by atoms with Gasteiger partial charge in [-0.25, -0.2) is 0 Å². The summed E-state index contributed by atoms with van der Waals surface area (Å²) in [6, 6.07) is 28.1. The fourth-order valence-electron chi connectivity index (χ4n) is 7.51. The molecule has 53 heavy (non-hydrogen) atoms. The van der Waals surface area contributed by atoms with Gasteiger partial charge in [-0.1, -0.05) is 123 Å². The SMILES string of the molecule is CCCCC(CC)CN1C(=O)C2=C(c3ccc(-c4ccc(NC(CC)CCCC)cc4)s3)N(CC(C)CC)C(=O)C2=C1c1ccc(-c2ccccc2)s1. The molecular weight excluding hydrogens is 691 g/mol. The van der Waals surface area contributed by atoms with E-state index in [-0.39, 0.29) is 17.7 Å². The Morgan fingerprint density at radius 2 is 1.11 bits per heavy atom. The van der Waals surface area contributed by atoms with E-state index >= 15 is 0 Å². The summed E-state index contributed by atoms with van der Waals surface area (Å²) in [6.45, 7) is 14.5. The molecule has 0 bridgehead atoms. The Morgan fingerprint density at radius 1 is 0.585 bits per heavy atom. The average Bonchev–Trinajstić information content (AvgIpc) is 3.98. The highest BCUT2D eigenvalue weighted by Gasteiger charge is 2.50. The molecule has 4 heterocycles. The maximum atomic E-state index is 14.9. The smallest absolute Gasteiger partial charge is 0.261 e. The summed E-state index contributed by atoms with van der Waals surface area (Å²) in [6.07, 6.45) is 9.99. The molecule has 0 saturated heterocycles. The van der Waals surface area contributed by atoms with Gasteiger partial charge in [-0.3, -0.25) is 9.59 Å². The molecule has 7 heteroatoms. The van der Waals surface area contributed by atoms with Gasteiger partial charge in [-0.2, -0.15) is 0 Å². The van der Waals surface area contributed by atoms with Crippen molar-refractivity contribution in [3.8, 4) is 20.9 Å². The van der Waals surface area contributed by atoms with Gasteiger partial charge in [0.2, 0.25) is 0 Å². The van der Waals surface area contributed by atoms with E-state index < -0.39 is 0 Å². The van der Waals surface area contributed by atoms with E-state index in [2.05, 4.69) is 120 Å². The molecule has 2 aliphatic rings. The van der Waals surface area contributed by atoms with E-state index in [1.165, 1.54) is 19.3 Å². The van der Waals surface area contributed by atoms with E-state index in [1.54, 1.807) is 22.7 Å². The molecule has 3 unspecified atom stereocenters. The molecule has 280 valence electrons. The Kier molecular flexibility index (Phi) is 13.1. The van der Waals surface area contributed by atoms with Crippen LogP contribution >= 0.6 is 22.7 Å². The maximum Gasteiger partial charge on any atom is 0.261 e. The highest BCUT2D eigenvalue weighted by molar-refractivity contribution is 7.17. The van der Waals surface area contributed by atoms with E-state index in [0.717, 1.165) is 86.2 Å². The Labute approximate surface area is 325 Å². The molecule has 3 atom stereocenters. The molecule has 0 fully saturated rings. The molecule has 2 aromatic carbocycles. The van der Waals surface area contributed by atoms with Gasteiger partial charge in [-0.05, 0) is 78.6 Å². The molecule has 1 N–H and O–H groups in total. The highest BCUT2D eigenvalue weighted by Crippen LogP contribution is 2.50. The number of hydrogen-bond acceptors (Lipinski definition) is 5. The van der Waals surface area contributed by atoms with Crippen LogP contribution in [0.2, 0.25) is 0 Å². The zero-order chi connectivity index (χ0) is 37.5. The number of anilines is 1. The van der Waals surface area contributed by atoms with Crippen LogP contribution < -0.4 is 5.32 Å². The van der Waals surface area contributed by atoms with Crippen LogP contribution in [0.25, 0.3) is 32.3 Å². The first kappa shape index (κ1) is 38.8. The predicted molar refractivity (Wildman–Crippen MR) is 227 cm³/mol. The fraction of sp³-hybridized carbons (Fsp3) is 0.435. The lowest BCUT2D eigenvalue weighted by molar-refractivity contribution is -0.124. The zero-order valence-electron chi connectivity index (χ0n) is 32.5. The van der Waals surface area contributed by atoms with Crippen molar-refractivity contribution < 1.29 is 9.59 Å². The topological polar surface area (TPSA) is 52.7 Å². The number of fused-ring (bicyclic) bond motifs is 1. The number of rotatable bonds is 19. The molecule has 2 aromatic heterocycles. The van der Waals surface area contributed by atoms with E-state index in [1.807, 2.05) is 15.9 Å². The van der Waals surface area contributed by atoms with Crippen LogP contribution in [0.3, 0.4) is 0 Å². The Balaban J connectivity index is 1.42. The summed E-state index contributed by atoms with van der Waals surface area (Å²) in [5.41, 5.74) is 6.17. The van der Waals surface area contributed by atoms with Gasteiger partial charge in [0, 0.05) is 34.6 Å². The van der Waals surface area contributed by atoms with E-state index in [0.29, 0.717) is 36.2 Å². The van der Waals surface area contributed by atoms with Crippen LogP contribution in [-0.4, -0.2) is 40.7 Å². The van der Waals surface area contributed by atoms with E-state index in [9.17, 15) is 9.59 Å². The zero-order valence-corrected chi connectivity index (χ0v) is 34.2. The number of amides is 2. The number of benzene rings is 2. The van der Waals surface area contributed by atoms with Crippen molar-refractivity contribution in [1.82, 2.24) is 9.80 Å². The number of carbonyl (C=O) groups excluding carboxylic acids is 2. The summed E-state index contributed by atoms with van der Waals surface area (Å²) >= 11 is 3.35. The Hall–Kier alpha value is -3.94. The third-order valence-electron chi connectivity index (χ3n) is 11.0. The second-order valence-corrected chi connectivity index (χ2v) is 17.0. The molecule has 0 radical (unpaired) electrons. The molecule has 2 amide bonds.